The third kappa shape index (κ3) is 3.22. The maximum absolute atomic E-state index is 12.9. The van der Waals surface area contributed by atoms with Crippen molar-refractivity contribution in [3.8, 4) is 0 Å². The first-order valence-electron chi connectivity index (χ1n) is 5.69. The monoisotopic (exact) mass is 490 g/mol. The van der Waals surface area contributed by atoms with E-state index in [2.05, 4.69) is 0 Å². The minimum atomic E-state index is -9.05. The Bertz CT molecular complexity index is 553. The molecular weight excluding hydrogens is 490 g/mol. The summed E-state index contributed by atoms with van der Waals surface area (Å²) in [6.07, 6.45) is -15.9. The number of alkyl halides is 18. The Morgan fingerprint density at radius 2 is 0.586 bits per heavy atom. The fraction of sp³-hybridized carbons (Fsp3) is 1.00. The van der Waals surface area contributed by atoms with E-state index in [1.54, 1.807) is 0 Å². The standard InChI is InChI=1S/C8F20N/c9-1(10,3(13,14)5(17,18)19)2(11,12)4(15,16)7(23,24)29(27,28)8(25,26)6(20,21)22/q+1. The van der Waals surface area contributed by atoms with Crippen molar-refractivity contribution in [2.24, 2.45) is 0 Å². The summed E-state index contributed by atoms with van der Waals surface area (Å²) in [5.74, 6) is -35.1. The summed E-state index contributed by atoms with van der Waals surface area (Å²) in [6.45, 7) is 0. The molecule has 0 saturated carbocycles. The summed E-state index contributed by atoms with van der Waals surface area (Å²) in [4.78, 5) is -7.90. The van der Waals surface area contributed by atoms with Gasteiger partial charge in [-0.1, -0.05) is 0 Å². The summed E-state index contributed by atoms with van der Waals surface area (Å²) in [5.41, 5.74) is 0. The van der Waals surface area contributed by atoms with Crippen molar-refractivity contribution in [3.05, 3.63) is 0 Å². The maximum atomic E-state index is 12.9. The molecule has 0 aliphatic carbocycles. The molecule has 0 atom stereocenters. The largest absolute Gasteiger partial charge is 0.567 e. The molecule has 21 heteroatoms. The molecule has 0 aliphatic heterocycles. The number of nitrogens with zero attached hydrogens (tertiary/aromatic N) is 1. The van der Waals surface area contributed by atoms with Crippen LogP contribution in [-0.2, 0) is 0 Å². The first kappa shape index (κ1) is 27.6. The first-order valence-corrected chi connectivity index (χ1v) is 5.69. The summed E-state index contributed by atoms with van der Waals surface area (Å²) >= 11 is 0. The predicted octanol–water partition coefficient (Wildman–Crippen LogP) is 6.42. The molecule has 0 saturated heterocycles. The first-order chi connectivity index (χ1) is 12.0. The molecule has 0 aliphatic rings. The van der Waals surface area contributed by atoms with Crippen molar-refractivity contribution in [2.45, 2.75) is 48.1 Å². The Hall–Kier alpha value is -1.44. The molecule has 0 aromatic heterocycles. The van der Waals surface area contributed by atoms with Gasteiger partial charge < -0.3 is 0 Å². The van der Waals surface area contributed by atoms with Crippen LogP contribution in [0.1, 0.15) is 0 Å². The lowest BCUT2D eigenvalue weighted by molar-refractivity contribution is -1.28. The lowest BCUT2D eigenvalue weighted by atomic mass is 9.96. The SMILES string of the molecule is FC(F)(F)C(F)(F)C(F)(F)C(F)(F)C(F)(F)C(F)(F)[N+](F)(F)C(F)(F)C(F)(F)F. The van der Waals surface area contributed by atoms with Gasteiger partial charge in [-0.2, -0.15) is 61.5 Å². The quantitative estimate of drug-likeness (QED) is 0.229. The van der Waals surface area contributed by atoms with Crippen LogP contribution in [0.3, 0.4) is 0 Å². The van der Waals surface area contributed by atoms with Gasteiger partial charge in [0.05, 0.1) is 8.96 Å². The van der Waals surface area contributed by atoms with E-state index in [-0.39, 0.29) is 0 Å². The highest BCUT2D eigenvalue weighted by molar-refractivity contribution is 5.08. The summed E-state index contributed by atoms with van der Waals surface area (Å²) < 4.78 is 248. The van der Waals surface area contributed by atoms with Crippen LogP contribution in [0.2, 0.25) is 0 Å². The van der Waals surface area contributed by atoms with Gasteiger partial charge in [0.25, 0.3) is 0 Å². The Balaban J connectivity index is 6.82. The molecule has 0 bridgehead atoms. The van der Waals surface area contributed by atoms with Crippen molar-refractivity contribution in [1.82, 2.24) is 0 Å². The van der Waals surface area contributed by atoms with Crippen LogP contribution < -0.4 is 0 Å². The molecule has 0 spiro atoms. The minimum Gasteiger partial charge on any atom is -0.192 e. The van der Waals surface area contributed by atoms with Crippen LogP contribution in [0.4, 0.5) is 88.0 Å². The second kappa shape index (κ2) is 6.28. The summed E-state index contributed by atoms with van der Waals surface area (Å²) in [7, 11) is 0. The van der Waals surface area contributed by atoms with Crippen LogP contribution >= 0.6 is 0 Å². The third-order valence-electron chi connectivity index (χ3n) is 2.96. The van der Waals surface area contributed by atoms with Crippen LogP contribution in [0.5, 0.6) is 0 Å². The molecule has 0 amide bonds. The zero-order valence-electron chi connectivity index (χ0n) is 12.0. The fourth-order valence-electron chi connectivity index (χ4n) is 1.27. The van der Waals surface area contributed by atoms with Gasteiger partial charge >= 0.3 is 48.1 Å². The van der Waals surface area contributed by atoms with Crippen molar-refractivity contribution in [2.75, 3.05) is 0 Å². The Labute approximate surface area is 142 Å². The predicted molar refractivity (Wildman–Crippen MR) is 44.3 cm³/mol. The molecular formula is C8F20N+. The molecule has 0 rings (SSSR count). The van der Waals surface area contributed by atoms with Gasteiger partial charge in [0, 0.05) is 0 Å². The van der Waals surface area contributed by atoms with E-state index in [4.69, 9.17) is 0 Å². The minimum absolute atomic E-state index is 7.90. The molecule has 1 nitrogen and oxygen atoms in total. The van der Waals surface area contributed by atoms with E-state index in [1.165, 1.54) is 0 Å². The second-order valence-corrected chi connectivity index (χ2v) is 4.89. The maximum Gasteiger partial charge on any atom is 0.567 e. The third-order valence-corrected chi connectivity index (χ3v) is 2.96. The van der Waals surface area contributed by atoms with Crippen LogP contribution in [0.25, 0.3) is 0 Å². The molecule has 0 heterocycles. The number of halogens is 20. The van der Waals surface area contributed by atoms with Gasteiger partial charge in [0.1, 0.15) is 0 Å². The molecule has 176 valence electrons. The molecule has 0 radical (unpaired) electrons. The van der Waals surface area contributed by atoms with Gasteiger partial charge in [-0.05, 0) is 0 Å². The van der Waals surface area contributed by atoms with E-state index in [1.807, 2.05) is 0 Å². The molecule has 0 aromatic rings. The van der Waals surface area contributed by atoms with Gasteiger partial charge in [-0.25, -0.2) is 0 Å². The molecule has 0 N–H and O–H groups in total. The number of hydrogen-bond acceptors (Lipinski definition) is 0. The van der Waals surface area contributed by atoms with E-state index in [9.17, 15) is 88.0 Å². The zero-order chi connectivity index (χ0) is 24.5. The van der Waals surface area contributed by atoms with E-state index < -0.39 is 53.1 Å². The van der Waals surface area contributed by atoms with Crippen LogP contribution in [-0.4, -0.2) is 53.1 Å². The van der Waals surface area contributed by atoms with E-state index >= 15 is 0 Å². The Morgan fingerprint density at radius 3 is 0.828 bits per heavy atom. The average Bonchev–Trinajstić information content (AvgIpc) is 2.43. The van der Waals surface area contributed by atoms with Gasteiger partial charge in [-0.15, -0.1) is 17.6 Å². The van der Waals surface area contributed by atoms with E-state index in [0.717, 1.165) is 0 Å². The molecule has 29 heavy (non-hydrogen) atoms. The number of quaternary nitrogens is 1. The smallest absolute Gasteiger partial charge is 0.192 e. The molecule has 0 aromatic carbocycles. The van der Waals surface area contributed by atoms with Crippen molar-refractivity contribution in [1.29, 1.82) is 0 Å². The van der Waals surface area contributed by atoms with Crippen molar-refractivity contribution in [3.63, 3.8) is 0 Å². The van der Waals surface area contributed by atoms with Gasteiger partial charge in [0.15, 0.2) is 4.93 Å². The van der Waals surface area contributed by atoms with Crippen molar-refractivity contribution >= 4 is 0 Å². The lowest BCUT2D eigenvalue weighted by Crippen LogP contribution is -2.77. The van der Waals surface area contributed by atoms with E-state index in [0.29, 0.717) is 0 Å². The topological polar surface area (TPSA) is 0 Å². The highest BCUT2D eigenvalue weighted by atomic mass is 19.5. The van der Waals surface area contributed by atoms with Gasteiger partial charge in [-0.3, -0.25) is 0 Å². The Kier molecular flexibility index (Phi) is 5.97. The summed E-state index contributed by atoms with van der Waals surface area (Å²) in [6, 6.07) is -17.4. The highest BCUT2D eigenvalue weighted by Crippen LogP contribution is 2.64. The average molecular weight is 490 g/mol. The molecule has 0 unspecified atom stereocenters. The van der Waals surface area contributed by atoms with Crippen molar-refractivity contribution < 1.29 is 92.9 Å². The fourth-order valence-corrected chi connectivity index (χ4v) is 1.27. The lowest BCUT2D eigenvalue weighted by Gasteiger charge is -2.40. The highest BCUT2D eigenvalue weighted by Gasteiger charge is 3.00. The Morgan fingerprint density at radius 1 is 0.310 bits per heavy atom. The normalized spacial score (nSPS) is 17.0. The van der Waals surface area contributed by atoms with Crippen LogP contribution in [0, 0.1) is 0 Å². The van der Waals surface area contributed by atoms with Crippen LogP contribution in [0.15, 0.2) is 0 Å². The summed E-state index contributed by atoms with van der Waals surface area (Å²) in [5, 5.41) is 0. The number of hydrogen-bond donors (Lipinski definition) is 0. The van der Waals surface area contributed by atoms with Gasteiger partial charge in [0.2, 0.25) is 0 Å². The molecule has 0 fully saturated rings. The second-order valence-electron chi connectivity index (χ2n) is 4.89. The zero-order valence-corrected chi connectivity index (χ0v) is 12.0. The number of rotatable bonds is 6.